The van der Waals surface area contributed by atoms with Gasteiger partial charge in [-0.05, 0) is 49.6 Å². The molecule has 3 aliphatic rings. The zero-order valence-electron chi connectivity index (χ0n) is 16.4. The number of methoxy groups -OCH3 is 1. The molecular formula is C21H30N2O5. The summed E-state index contributed by atoms with van der Waals surface area (Å²) >= 11 is 0. The Labute approximate surface area is 166 Å². The lowest BCUT2D eigenvalue weighted by molar-refractivity contribution is 0.00850. The van der Waals surface area contributed by atoms with Gasteiger partial charge in [-0.2, -0.15) is 0 Å². The predicted molar refractivity (Wildman–Crippen MR) is 105 cm³/mol. The fraction of sp³-hybridized carbons (Fsp3) is 0.667. The molecule has 4 atom stereocenters. The summed E-state index contributed by atoms with van der Waals surface area (Å²) in [6.07, 6.45) is 5.54. The highest BCUT2D eigenvalue weighted by Crippen LogP contribution is 2.30. The van der Waals surface area contributed by atoms with Gasteiger partial charge in [-0.1, -0.05) is 19.3 Å². The zero-order valence-corrected chi connectivity index (χ0v) is 16.4. The van der Waals surface area contributed by atoms with Crippen molar-refractivity contribution in [1.82, 2.24) is 5.32 Å². The Balaban J connectivity index is 1.24. The molecule has 2 saturated heterocycles. The van der Waals surface area contributed by atoms with Crippen molar-refractivity contribution in [2.75, 3.05) is 32.2 Å². The number of amides is 1. The lowest BCUT2D eigenvalue weighted by Gasteiger charge is -2.25. The molecule has 7 nitrogen and oxygen atoms in total. The number of fused-ring (bicyclic) bond motifs is 1. The van der Waals surface area contributed by atoms with Crippen molar-refractivity contribution in [1.29, 1.82) is 0 Å². The Hall–Kier alpha value is -1.83. The summed E-state index contributed by atoms with van der Waals surface area (Å²) in [6, 6.07) is 7.28. The first-order chi connectivity index (χ1) is 13.7. The van der Waals surface area contributed by atoms with Crippen LogP contribution in [0.1, 0.15) is 32.1 Å². The van der Waals surface area contributed by atoms with Crippen LogP contribution < -0.4 is 15.4 Å². The van der Waals surface area contributed by atoms with E-state index in [9.17, 15) is 4.79 Å². The zero-order chi connectivity index (χ0) is 19.3. The largest absolute Gasteiger partial charge is 0.497 e. The van der Waals surface area contributed by atoms with Crippen molar-refractivity contribution in [3.63, 3.8) is 0 Å². The second kappa shape index (κ2) is 9.11. The number of anilines is 1. The molecule has 1 aromatic carbocycles. The summed E-state index contributed by atoms with van der Waals surface area (Å²) in [5.41, 5.74) is 0.653. The molecule has 0 radical (unpaired) electrons. The van der Waals surface area contributed by atoms with Crippen LogP contribution in [0.25, 0.3) is 0 Å². The molecule has 1 aliphatic carbocycles. The highest BCUT2D eigenvalue weighted by molar-refractivity contribution is 5.84. The third-order valence-corrected chi connectivity index (χ3v) is 6.00. The van der Waals surface area contributed by atoms with Crippen LogP contribution in [-0.4, -0.2) is 57.3 Å². The number of nitrogens with one attached hydrogen (secondary N) is 2. The molecule has 0 aromatic heterocycles. The van der Waals surface area contributed by atoms with Crippen LogP contribution in [-0.2, 0) is 14.2 Å². The van der Waals surface area contributed by atoms with Crippen LogP contribution >= 0.6 is 0 Å². The number of carbonyl (C=O) groups excluding carboxylic acids is 1. The predicted octanol–water partition coefficient (Wildman–Crippen LogP) is 2.95. The minimum Gasteiger partial charge on any atom is -0.497 e. The maximum absolute atomic E-state index is 12.2. The highest BCUT2D eigenvalue weighted by Gasteiger charge is 2.49. The molecule has 1 saturated carbocycles. The molecule has 28 heavy (non-hydrogen) atoms. The van der Waals surface area contributed by atoms with E-state index >= 15 is 0 Å². The van der Waals surface area contributed by atoms with Crippen molar-refractivity contribution in [3.05, 3.63) is 24.3 Å². The quantitative estimate of drug-likeness (QED) is 0.778. The van der Waals surface area contributed by atoms with Crippen LogP contribution in [0.4, 0.5) is 10.5 Å². The second-order valence-electron chi connectivity index (χ2n) is 7.91. The van der Waals surface area contributed by atoms with E-state index in [0.717, 1.165) is 18.2 Å². The van der Waals surface area contributed by atoms with E-state index in [1.165, 1.54) is 32.1 Å². The third kappa shape index (κ3) is 4.59. The van der Waals surface area contributed by atoms with E-state index in [4.69, 9.17) is 18.9 Å². The number of rotatable bonds is 6. The van der Waals surface area contributed by atoms with Gasteiger partial charge in [0.15, 0.2) is 6.10 Å². The van der Waals surface area contributed by atoms with Crippen molar-refractivity contribution in [3.8, 4) is 5.75 Å². The molecule has 3 fully saturated rings. The highest BCUT2D eigenvalue weighted by atomic mass is 16.6. The maximum Gasteiger partial charge on any atom is 0.412 e. The van der Waals surface area contributed by atoms with Crippen LogP contribution in [0.15, 0.2) is 24.3 Å². The van der Waals surface area contributed by atoms with Gasteiger partial charge in [0.2, 0.25) is 0 Å². The molecule has 0 bridgehead atoms. The van der Waals surface area contributed by atoms with Crippen LogP contribution in [0.2, 0.25) is 0 Å². The average molecular weight is 390 g/mol. The average Bonchev–Trinajstić information content (AvgIpc) is 3.31. The summed E-state index contributed by atoms with van der Waals surface area (Å²) in [6.45, 7) is 1.99. The van der Waals surface area contributed by atoms with Gasteiger partial charge in [-0.15, -0.1) is 0 Å². The molecule has 0 unspecified atom stereocenters. The smallest absolute Gasteiger partial charge is 0.412 e. The molecule has 154 valence electrons. The molecule has 7 heteroatoms. The lowest BCUT2D eigenvalue weighted by Crippen LogP contribution is -2.43. The summed E-state index contributed by atoms with van der Waals surface area (Å²) in [4.78, 5) is 12.2. The first kappa shape index (κ1) is 19.5. The van der Waals surface area contributed by atoms with Crippen molar-refractivity contribution >= 4 is 11.8 Å². The lowest BCUT2D eigenvalue weighted by atomic mass is 9.89. The van der Waals surface area contributed by atoms with Gasteiger partial charge in [0.25, 0.3) is 0 Å². The maximum atomic E-state index is 12.2. The Morgan fingerprint density at radius 3 is 2.57 bits per heavy atom. The molecule has 1 amide bonds. The standard InChI is InChI=1S/C21H30N2O5/c1-25-16-9-7-15(8-10-16)23-21(24)28-18-13-27-19-17(12-26-20(18)19)22-11-14-5-3-2-4-6-14/h7-10,14,17-20,22H,2-6,11-13H2,1H3,(H,23,24)/t17-,18-,19-,20+/m0/s1. The minimum absolute atomic E-state index is 0.0534. The van der Waals surface area contributed by atoms with E-state index in [1.807, 2.05) is 0 Å². The van der Waals surface area contributed by atoms with Crippen molar-refractivity contribution in [2.24, 2.45) is 5.92 Å². The number of ether oxygens (including phenoxy) is 4. The number of hydrogen-bond acceptors (Lipinski definition) is 6. The van der Waals surface area contributed by atoms with Gasteiger partial charge < -0.3 is 24.3 Å². The topological polar surface area (TPSA) is 78.1 Å². The van der Waals surface area contributed by atoms with E-state index in [0.29, 0.717) is 18.9 Å². The monoisotopic (exact) mass is 390 g/mol. The molecule has 0 spiro atoms. The Bertz CT molecular complexity index is 647. The number of benzene rings is 1. The fourth-order valence-electron chi connectivity index (χ4n) is 4.41. The van der Waals surface area contributed by atoms with Gasteiger partial charge in [0, 0.05) is 5.69 Å². The van der Waals surface area contributed by atoms with Gasteiger partial charge in [-0.25, -0.2) is 4.79 Å². The molecule has 2 aliphatic heterocycles. The third-order valence-electron chi connectivity index (χ3n) is 6.00. The van der Waals surface area contributed by atoms with E-state index < -0.39 is 6.09 Å². The van der Waals surface area contributed by atoms with Crippen molar-refractivity contribution < 1.29 is 23.7 Å². The summed E-state index contributed by atoms with van der Waals surface area (Å²) in [5, 5.41) is 6.37. The molecule has 2 N–H and O–H groups in total. The minimum atomic E-state index is -0.498. The van der Waals surface area contributed by atoms with Crippen molar-refractivity contribution in [2.45, 2.75) is 56.5 Å². The fourth-order valence-corrected chi connectivity index (χ4v) is 4.41. The second-order valence-corrected chi connectivity index (χ2v) is 7.91. The Kier molecular flexibility index (Phi) is 6.34. The number of carbonyl (C=O) groups is 1. The van der Waals surface area contributed by atoms with Crippen LogP contribution in [0.3, 0.4) is 0 Å². The van der Waals surface area contributed by atoms with E-state index in [2.05, 4.69) is 10.6 Å². The van der Waals surface area contributed by atoms with E-state index in [-0.39, 0.29) is 24.4 Å². The summed E-state index contributed by atoms with van der Waals surface area (Å²) in [5.74, 6) is 1.49. The van der Waals surface area contributed by atoms with E-state index in [1.54, 1.807) is 31.4 Å². The molecular weight excluding hydrogens is 360 g/mol. The first-order valence-corrected chi connectivity index (χ1v) is 10.3. The molecule has 1 aromatic rings. The normalized spacial score (nSPS) is 30.0. The van der Waals surface area contributed by atoms with Gasteiger partial charge >= 0.3 is 6.09 Å². The first-order valence-electron chi connectivity index (χ1n) is 10.3. The molecule has 4 rings (SSSR count). The molecule has 2 heterocycles. The Morgan fingerprint density at radius 1 is 1.07 bits per heavy atom. The summed E-state index contributed by atoms with van der Waals surface area (Å²) in [7, 11) is 1.60. The van der Waals surface area contributed by atoms with Crippen LogP contribution in [0, 0.1) is 5.92 Å². The van der Waals surface area contributed by atoms with Crippen LogP contribution in [0.5, 0.6) is 5.75 Å². The number of hydrogen-bond donors (Lipinski definition) is 2. The summed E-state index contributed by atoms with van der Waals surface area (Å²) < 4.78 is 22.5. The van der Waals surface area contributed by atoms with Gasteiger partial charge in [-0.3, -0.25) is 5.32 Å². The van der Waals surface area contributed by atoms with Gasteiger partial charge in [0.05, 0.1) is 26.4 Å². The SMILES string of the molecule is COc1ccc(NC(=O)O[C@H]2CO[C@@H]3[C@@H]2OC[C@@H]3NCC2CCCCC2)cc1. The Morgan fingerprint density at radius 2 is 1.82 bits per heavy atom. The van der Waals surface area contributed by atoms with Gasteiger partial charge in [0.1, 0.15) is 18.0 Å².